The SMILES string of the molecule is C=C(C)C(=O)OCCOCCOC(C)COC. The Bertz CT molecular complexity index is 227. The smallest absolute Gasteiger partial charge is 0.333 e. The summed E-state index contributed by atoms with van der Waals surface area (Å²) < 4.78 is 20.4. The summed E-state index contributed by atoms with van der Waals surface area (Å²) in [6.07, 6.45) is 0.0600. The van der Waals surface area contributed by atoms with Crippen LogP contribution in [0.5, 0.6) is 0 Å². The van der Waals surface area contributed by atoms with Crippen LogP contribution in [-0.2, 0) is 23.7 Å². The molecular formula is C12H22O5. The van der Waals surface area contributed by atoms with E-state index < -0.39 is 5.97 Å². The van der Waals surface area contributed by atoms with Crippen LogP contribution in [-0.4, -0.2) is 52.2 Å². The number of hydrogen-bond donors (Lipinski definition) is 0. The van der Waals surface area contributed by atoms with Crippen molar-refractivity contribution in [3.8, 4) is 0 Å². The van der Waals surface area contributed by atoms with Gasteiger partial charge in [0.15, 0.2) is 0 Å². The van der Waals surface area contributed by atoms with Crippen LogP contribution in [0.3, 0.4) is 0 Å². The molecule has 0 fully saturated rings. The Balaban J connectivity index is 3.24. The van der Waals surface area contributed by atoms with Crippen LogP contribution >= 0.6 is 0 Å². The maximum Gasteiger partial charge on any atom is 0.333 e. The molecule has 0 rings (SSSR count). The standard InChI is InChI=1S/C12H22O5/c1-10(2)12(13)17-8-6-15-5-7-16-11(3)9-14-4/h11H,1,5-9H2,2-4H3. The highest BCUT2D eigenvalue weighted by atomic mass is 16.6. The summed E-state index contributed by atoms with van der Waals surface area (Å²) in [4.78, 5) is 11.0. The Morgan fingerprint density at radius 2 is 1.88 bits per heavy atom. The topological polar surface area (TPSA) is 54.0 Å². The number of carbonyl (C=O) groups excluding carboxylic acids is 1. The summed E-state index contributed by atoms with van der Waals surface area (Å²) in [7, 11) is 1.63. The summed E-state index contributed by atoms with van der Waals surface area (Å²) in [5, 5.41) is 0. The van der Waals surface area contributed by atoms with E-state index in [2.05, 4.69) is 6.58 Å². The van der Waals surface area contributed by atoms with E-state index in [4.69, 9.17) is 18.9 Å². The minimum Gasteiger partial charge on any atom is -0.460 e. The molecule has 0 aliphatic rings. The molecule has 1 unspecified atom stereocenters. The molecule has 1 atom stereocenters. The number of hydrogen-bond acceptors (Lipinski definition) is 5. The van der Waals surface area contributed by atoms with Gasteiger partial charge in [0.05, 0.1) is 32.5 Å². The molecule has 0 radical (unpaired) electrons. The van der Waals surface area contributed by atoms with Gasteiger partial charge in [-0.3, -0.25) is 0 Å². The minimum absolute atomic E-state index is 0.0600. The molecule has 0 aromatic rings. The van der Waals surface area contributed by atoms with Crippen molar-refractivity contribution in [1.29, 1.82) is 0 Å². The largest absolute Gasteiger partial charge is 0.460 e. The zero-order chi connectivity index (χ0) is 13.1. The first-order valence-corrected chi connectivity index (χ1v) is 5.58. The molecule has 17 heavy (non-hydrogen) atoms. The third kappa shape index (κ3) is 9.99. The van der Waals surface area contributed by atoms with E-state index in [0.29, 0.717) is 32.0 Å². The van der Waals surface area contributed by atoms with Crippen LogP contribution in [0, 0.1) is 0 Å². The van der Waals surface area contributed by atoms with E-state index in [-0.39, 0.29) is 12.7 Å². The van der Waals surface area contributed by atoms with Crippen molar-refractivity contribution in [2.75, 3.05) is 40.1 Å². The van der Waals surface area contributed by atoms with Crippen LogP contribution in [0.1, 0.15) is 13.8 Å². The fraction of sp³-hybridized carbons (Fsp3) is 0.750. The fourth-order valence-electron chi connectivity index (χ4n) is 1.01. The van der Waals surface area contributed by atoms with Crippen LogP contribution < -0.4 is 0 Å². The van der Waals surface area contributed by atoms with Crippen molar-refractivity contribution in [2.45, 2.75) is 20.0 Å². The predicted molar refractivity (Wildman–Crippen MR) is 63.9 cm³/mol. The number of ether oxygens (including phenoxy) is 4. The van der Waals surface area contributed by atoms with Gasteiger partial charge in [-0.25, -0.2) is 4.79 Å². The highest BCUT2D eigenvalue weighted by molar-refractivity contribution is 5.86. The highest BCUT2D eigenvalue weighted by Gasteiger charge is 2.02. The molecule has 5 heteroatoms. The van der Waals surface area contributed by atoms with E-state index in [9.17, 15) is 4.79 Å². The van der Waals surface area contributed by atoms with Crippen LogP contribution in [0.25, 0.3) is 0 Å². The van der Waals surface area contributed by atoms with Crippen molar-refractivity contribution in [2.24, 2.45) is 0 Å². The lowest BCUT2D eigenvalue weighted by molar-refractivity contribution is -0.140. The molecule has 0 amide bonds. The molecular weight excluding hydrogens is 224 g/mol. The van der Waals surface area contributed by atoms with Crippen molar-refractivity contribution in [1.82, 2.24) is 0 Å². The molecule has 5 nitrogen and oxygen atoms in total. The van der Waals surface area contributed by atoms with Gasteiger partial charge in [-0.15, -0.1) is 0 Å². The Morgan fingerprint density at radius 3 is 2.47 bits per heavy atom. The van der Waals surface area contributed by atoms with Crippen molar-refractivity contribution >= 4 is 5.97 Å². The molecule has 0 aliphatic heterocycles. The number of methoxy groups -OCH3 is 1. The second kappa shape index (κ2) is 10.3. The maximum absolute atomic E-state index is 11.0. The first-order chi connectivity index (χ1) is 8.07. The second-order valence-electron chi connectivity index (χ2n) is 3.67. The van der Waals surface area contributed by atoms with E-state index in [1.165, 1.54) is 0 Å². The molecule has 0 saturated heterocycles. The maximum atomic E-state index is 11.0. The monoisotopic (exact) mass is 246 g/mol. The van der Waals surface area contributed by atoms with Gasteiger partial charge in [-0.1, -0.05) is 6.58 Å². The zero-order valence-corrected chi connectivity index (χ0v) is 10.9. The predicted octanol–water partition coefficient (Wildman–Crippen LogP) is 1.17. The van der Waals surface area contributed by atoms with E-state index >= 15 is 0 Å². The summed E-state index contributed by atoms with van der Waals surface area (Å²) in [5.41, 5.74) is 0.390. The van der Waals surface area contributed by atoms with Gasteiger partial charge in [0, 0.05) is 12.7 Å². The first kappa shape index (κ1) is 16.1. The van der Waals surface area contributed by atoms with Gasteiger partial charge in [0.1, 0.15) is 6.61 Å². The fourth-order valence-corrected chi connectivity index (χ4v) is 1.01. The van der Waals surface area contributed by atoms with Gasteiger partial charge in [-0.2, -0.15) is 0 Å². The third-order valence-electron chi connectivity index (χ3n) is 1.84. The van der Waals surface area contributed by atoms with Crippen molar-refractivity contribution in [3.05, 3.63) is 12.2 Å². The molecule has 100 valence electrons. The van der Waals surface area contributed by atoms with Gasteiger partial charge >= 0.3 is 5.97 Å². The second-order valence-corrected chi connectivity index (χ2v) is 3.67. The Morgan fingerprint density at radius 1 is 1.24 bits per heavy atom. The summed E-state index contributed by atoms with van der Waals surface area (Å²) in [6, 6.07) is 0. The average Bonchev–Trinajstić information content (AvgIpc) is 2.27. The van der Waals surface area contributed by atoms with Crippen LogP contribution in [0.2, 0.25) is 0 Å². The molecule has 0 bridgehead atoms. The van der Waals surface area contributed by atoms with Gasteiger partial charge in [-0.05, 0) is 13.8 Å². The molecule has 0 N–H and O–H groups in total. The first-order valence-electron chi connectivity index (χ1n) is 5.58. The quantitative estimate of drug-likeness (QED) is 0.329. The number of rotatable bonds is 10. The van der Waals surface area contributed by atoms with Crippen LogP contribution in [0.15, 0.2) is 12.2 Å². The Labute approximate surface area is 103 Å². The average molecular weight is 246 g/mol. The molecule has 0 aromatic carbocycles. The van der Waals surface area contributed by atoms with Crippen molar-refractivity contribution in [3.63, 3.8) is 0 Å². The lowest BCUT2D eigenvalue weighted by Gasteiger charge is -2.11. The number of esters is 1. The molecule has 0 spiro atoms. The van der Waals surface area contributed by atoms with E-state index in [0.717, 1.165) is 0 Å². The zero-order valence-electron chi connectivity index (χ0n) is 10.9. The summed E-state index contributed by atoms with van der Waals surface area (Å²) >= 11 is 0. The van der Waals surface area contributed by atoms with Crippen molar-refractivity contribution < 1.29 is 23.7 Å². The molecule has 0 saturated carbocycles. The number of carbonyl (C=O) groups is 1. The normalized spacial score (nSPS) is 12.2. The molecule has 0 aromatic heterocycles. The van der Waals surface area contributed by atoms with Gasteiger partial charge < -0.3 is 18.9 Å². The summed E-state index contributed by atoms with van der Waals surface area (Å²) in [5.74, 6) is -0.390. The minimum atomic E-state index is -0.390. The van der Waals surface area contributed by atoms with Gasteiger partial charge in [0.25, 0.3) is 0 Å². The van der Waals surface area contributed by atoms with Gasteiger partial charge in [0.2, 0.25) is 0 Å². The Kier molecular flexibility index (Phi) is 9.71. The van der Waals surface area contributed by atoms with E-state index in [1.807, 2.05) is 6.92 Å². The van der Waals surface area contributed by atoms with Crippen LogP contribution in [0.4, 0.5) is 0 Å². The van der Waals surface area contributed by atoms with E-state index in [1.54, 1.807) is 14.0 Å². The lowest BCUT2D eigenvalue weighted by atomic mass is 10.4. The summed E-state index contributed by atoms with van der Waals surface area (Å²) in [6.45, 7) is 9.14. The Hall–Kier alpha value is -0.910. The molecule has 0 aliphatic carbocycles. The third-order valence-corrected chi connectivity index (χ3v) is 1.84. The lowest BCUT2D eigenvalue weighted by Crippen LogP contribution is -2.18. The molecule has 0 heterocycles. The highest BCUT2D eigenvalue weighted by Crippen LogP contribution is 1.93.